The van der Waals surface area contributed by atoms with Crippen LogP contribution in [0.1, 0.15) is 16.1 Å². The molecular weight excluding hydrogens is 503 g/mol. The first-order chi connectivity index (χ1) is 14.9. The molecule has 8 heteroatoms. The summed E-state index contributed by atoms with van der Waals surface area (Å²) in [6, 6.07) is 15.6. The van der Waals surface area contributed by atoms with Crippen LogP contribution in [-0.4, -0.2) is 18.4 Å². The topological polar surface area (TPSA) is 71.3 Å². The highest BCUT2D eigenvalue weighted by atomic mass is 79.9. The predicted molar refractivity (Wildman–Crippen MR) is 127 cm³/mol. The SMILES string of the molecule is C=CCNC(=O)C(=Cc1ccc(-c2ccc(Br)cc2)o1)NC(=O)c1ccc(Cl)cc1Cl. The first-order valence-corrected chi connectivity index (χ1v) is 10.6. The maximum atomic E-state index is 12.7. The molecule has 5 nitrogen and oxygen atoms in total. The molecule has 0 saturated carbocycles. The number of amides is 2. The molecule has 0 aliphatic heterocycles. The van der Waals surface area contributed by atoms with E-state index in [-0.39, 0.29) is 22.8 Å². The molecule has 1 aromatic heterocycles. The zero-order chi connectivity index (χ0) is 22.4. The van der Waals surface area contributed by atoms with E-state index < -0.39 is 11.8 Å². The lowest BCUT2D eigenvalue weighted by Crippen LogP contribution is -2.35. The summed E-state index contributed by atoms with van der Waals surface area (Å²) in [6.07, 6.45) is 2.98. The molecule has 2 amide bonds. The van der Waals surface area contributed by atoms with Crippen molar-refractivity contribution in [3.8, 4) is 11.3 Å². The Morgan fingerprint density at radius 2 is 1.81 bits per heavy atom. The first-order valence-electron chi connectivity index (χ1n) is 9.10. The highest BCUT2D eigenvalue weighted by molar-refractivity contribution is 9.10. The van der Waals surface area contributed by atoms with Crippen LogP contribution in [0.4, 0.5) is 0 Å². The van der Waals surface area contributed by atoms with Crippen LogP contribution in [0.5, 0.6) is 0 Å². The second-order valence-corrected chi connectivity index (χ2v) is 8.10. The molecule has 0 aliphatic carbocycles. The Bertz CT molecular complexity index is 1150. The lowest BCUT2D eigenvalue weighted by atomic mass is 10.2. The molecule has 3 rings (SSSR count). The lowest BCUT2D eigenvalue weighted by molar-refractivity contribution is -0.117. The number of benzene rings is 2. The molecule has 0 atom stereocenters. The second-order valence-electron chi connectivity index (χ2n) is 6.34. The smallest absolute Gasteiger partial charge is 0.268 e. The van der Waals surface area contributed by atoms with Gasteiger partial charge in [0.25, 0.3) is 11.8 Å². The van der Waals surface area contributed by atoms with E-state index in [1.807, 2.05) is 24.3 Å². The summed E-state index contributed by atoms with van der Waals surface area (Å²) >= 11 is 15.4. The normalized spacial score (nSPS) is 11.1. The maximum absolute atomic E-state index is 12.7. The van der Waals surface area contributed by atoms with E-state index in [9.17, 15) is 9.59 Å². The van der Waals surface area contributed by atoms with E-state index in [0.717, 1.165) is 10.0 Å². The largest absolute Gasteiger partial charge is 0.457 e. The molecule has 0 unspecified atom stereocenters. The summed E-state index contributed by atoms with van der Waals surface area (Å²) in [6.45, 7) is 3.81. The number of nitrogens with one attached hydrogen (secondary N) is 2. The van der Waals surface area contributed by atoms with Gasteiger partial charge in [-0.15, -0.1) is 6.58 Å². The number of rotatable bonds is 7. The monoisotopic (exact) mass is 518 g/mol. The number of carbonyl (C=O) groups is 2. The minimum atomic E-state index is -0.554. The standard InChI is InChI=1S/C23H17BrCl2N2O3/c1-2-11-27-23(30)20(28-22(29)18-9-7-16(25)12-19(18)26)13-17-8-10-21(31-17)14-3-5-15(24)6-4-14/h2-10,12-13H,1,11H2,(H,27,30)(H,28,29). The van der Waals surface area contributed by atoms with E-state index in [0.29, 0.717) is 16.5 Å². The predicted octanol–water partition coefficient (Wildman–Crippen LogP) is 6.09. The minimum Gasteiger partial charge on any atom is -0.457 e. The fourth-order valence-electron chi connectivity index (χ4n) is 2.62. The van der Waals surface area contributed by atoms with Gasteiger partial charge in [0.05, 0.1) is 10.6 Å². The Morgan fingerprint density at radius 3 is 2.48 bits per heavy atom. The van der Waals surface area contributed by atoms with E-state index >= 15 is 0 Å². The number of hydrogen-bond acceptors (Lipinski definition) is 3. The highest BCUT2D eigenvalue weighted by Gasteiger charge is 2.17. The van der Waals surface area contributed by atoms with E-state index in [2.05, 4.69) is 33.1 Å². The quantitative estimate of drug-likeness (QED) is 0.293. The minimum absolute atomic E-state index is 0.00503. The van der Waals surface area contributed by atoms with Crippen LogP contribution in [0.2, 0.25) is 10.0 Å². The van der Waals surface area contributed by atoms with Crippen molar-refractivity contribution in [3.05, 3.63) is 98.8 Å². The van der Waals surface area contributed by atoms with E-state index in [4.69, 9.17) is 27.6 Å². The van der Waals surface area contributed by atoms with Crippen LogP contribution in [0, 0.1) is 0 Å². The lowest BCUT2D eigenvalue weighted by Gasteiger charge is -2.11. The van der Waals surface area contributed by atoms with Crippen LogP contribution in [-0.2, 0) is 4.79 Å². The van der Waals surface area contributed by atoms with Crippen molar-refractivity contribution in [1.29, 1.82) is 0 Å². The molecule has 0 radical (unpaired) electrons. The summed E-state index contributed by atoms with van der Waals surface area (Å²) in [5, 5.41) is 5.80. The van der Waals surface area contributed by atoms with Gasteiger partial charge in [-0.3, -0.25) is 9.59 Å². The summed E-state index contributed by atoms with van der Waals surface area (Å²) in [4.78, 5) is 25.3. The summed E-state index contributed by atoms with van der Waals surface area (Å²) in [7, 11) is 0. The fraction of sp³-hybridized carbons (Fsp3) is 0.0435. The van der Waals surface area contributed by atoms with Gasteiger partial charge in [-0.25, -0.2) is 0 Å². The Labute approximate surface area is 197 Å². The molecule has 2 N–H and O–H groups in total. The number of furan rings is 1. The molecule has 0 spiro atoms. The zero-order valence-electron chi connectivity index (χ0n) is 16.1. The van der Waals surface area contributed by atoms with Crippen molar-refractivity contribution in [2.75, 3.05) is 6.54 Å². The molecule has 0 aliphatic rings. The van der Waals surface area contributed by atoms with Gasteiger partial charge in [-0.1, -0.05) is 57.3 Å². The number of carbonyl (C=O) groups excluding carboxylic acids is 2. The number of hydrogen-bond donors (Lipinski definition) is 2. The van der Waals surface area contributed by atoms with Gasteiger partial charge in [-0.05, 0) is 42.5 Å². The van der Waals surface area contributed by atoms with E-state index in [1.54, 1.807) is 18.2 Å². The molecule has 0 saturated heterocycles. The molecule has 0 fully saturated rings. The molecule has 31 heavy (non-hydrogen) atoms. The molecule has 158 valence electrons. The van der Waals surface area contributed by atoms with Gasteiger partial charge < -0.3 is 15.1 Å². The van der Waals surface area contributed by atoms with Crippen LogP contribution in [0.3, 0.4) is 0 Å². The van der Waals surface area contributed by atoms with Gasteiger partial charge in [0.1, 0.15) is 17.2 Å². The molecule has 0 bridgehead atoms. The van der Waals surface area contributed by atoms with Crippen molar-refractivity contribution in [2.45, 2.75) is 0 Å². The van der Waals surface area contributed by atoms with Crippen molar-refractivity contribution >= 4 is 57.0 Å². The van der Waals surface area contributed by atoms with Gasteiger partial charge in [-0.2, -0.15) is 0 Å². The van der Waals surface area contributed by atoms with Crippen LogP contribution >= 0.6 is 39.1 Å². The fourth-order valence-corrected chi connectivity index (χ4v) is 3.38. The molecule has 3 aromatic rings. The third-order valence-electron chi connectivity index (χ3n) is 4.12. The van der Waals surface area contributed by atoms with Gasteiger partial charge in [0.15, 0.2) is 0 Å². The summed E-state index contributed by atoms with van der Waals surface area (Å²) < 4.78 is 6.79. The van der Waals surface area contributed by atoms with Gasteiger partial charge >= 0.3 is 0 Å². The van der Waals surface area contributed by atoms with Gasteiger partial charge in [0.2, 0.25) is 0 Å². The van der Waals surface area contributed by atoms with Gasteiger partial charge in [0, 0.05) is 27.7 Å². The average Bonchev–Trinajstić information content (AvgIpc) is 3.20. The van der Waals surface area contributed by atoms with Crippen molar-refractivity contribution < 1.29 is 14.0 Å². The Morgan fingerprint density at radius 1 is 1.06 bits per heavy atom. The maximum Gasteiger partial charge on any atom is 0.268 e. The van der Waals surface area contributed by atoms with Crippen molar-refractivity contribution in [1.82, 2.24) is 10.6 Å². The summed E-state index contributed by atoms with van der Waals surface area (Å²) in [5.74, 6) is -0.0397. The number of halogens is 3. The summed E-state index contributed by atoms with van der Waals surface area (Å²) in [5.41, 5.74) is 1.05. The second kappa shape index (κ2) is 10.5. The Balaban J connectivity index is 1.89. The third kappa shape index (κ3) is 6.10. The first kappa shape index (κ1) is 22.9. The Kier molecular flexibility index (Phi) is 7.74. The Hall–Kier alpha value is -2.80. The van der Waals surface area contributed by atoms with Crippen molar-refractivity contribution in [3.63, 3.8) is 0 Å². The van der Waals surface area contributed by atoms with Crippen LogP contribution < -0.4 is 10.6 Å². The zero-order valence-corrected chi connectivity index (χ0v) is 19.2. The third-order valence-corrected chi connectivity index (χ3v) is 5.19. The van der Waals surface area contributed by atoms with Crippen LogP contribution in [0.15, 0.2) is 81.8 Å². The van der Waals surface area contributed by atoms with E-state index in [1.165, 1.54) is 24.3 Å². The molecule has 1 heterocycles. The highest BCUT2D eigenvalue weighted by Crippen LogP contribution is 2.25. The average molecular weight is 520 g/mol. The molecular formula is C23H17BrCl2N2O3. The van der Waals surface area contributed by atoms with Crippen molar-refractivity contribution in [2.24, 2.45) is 0 Å². The molecule has 2 aromatic carbocycles. The van der Waals surface area contributed by atoms with Crippen LogP contribution in [0.25, 0.3) is 17.4 Å².